The van der Waals surface area contributed by atoms with E-state index in [-0.39, 0.29) is 11.8 Å². The molecule has 1 aromatic rings. The lowest BCUT2D eigenvalue weighted by molar-refractivity contribution is -0.123. The summed E-state index contributed by atoms with van der Waals surface area (Å²) in [5, 5.41) is 9.26. The van der Waals surface area contributed by atoms with E-state index in [1.807, 2.05) is 45.0 Å². The van der Waals surface area contributed by atoms with E-state index >= 15 is 0 Å². The van der Waals surface area contributed by atoms with Crippen molar-refractivity contribution in [3.63, 3.8) is 0 Å². The Morgan fingerprint density at radius 3 is 2.61 bits per heavy atom. The molecule has 0 atom stereocenters. The molecule has 3 N–H and O–H groups in total. The SMILES string of the molecule is CCNC(=NCc1cccc(OC)c1)NCCNC(=O)C(C)C. The van der Waals surface area contributed by atoms with E-state index in [4.69, 9.17) is 4.74 Å². The summed E-state index contributed by atoms with van der Waals surface area (Å²) in [5.74, 6) is 1.62. The molecule has 0 saturated heterocycles. The first kappa shape index (κ1) is 18.8. The first-order valence-electron chi connectivity index (χ1n) is 7.99. The number of hydrogen-bond donors (Lipinski definition) is 3. The Bertz CT molecular complexity index is 515. The number of hydrogen-bond acceptors (Lipinski definition) is 3. The van der Waals surface area contributed by atoms with Crippen LogP contribution < -0.4 is 20.7 Å². The summed E-state index contributed by atoms with van der Waals surface area (Å²) in [7, 11) is 1.65. The third-order valence-electron chi connectivity index (χ3n) is 3.14. The highest BCUT2D eigenvalue weighted by Crippen LogP contribution is 2.12. The van der Waals surface area contributed by atoms with Crippen molar-refractivity contribution in [1.82, 2.24) is 16.0 Å². The lowest BCUT2D eigenvalue weighted by Gasteiger charge is -2.12. The summed E-state index contributed by atoms with van der Waals surface area (Å²) in [6.07, 6.45) is 0. The van der Waals surface area contributed by atoms with E-state index in [1.54, 1.807) is 7.11 Å². The van der Waals surface area contributed by atoms with Gasteiger partial charge in [0, 0.05) is 25.6 Å². The summed E-state index contributed by atoms with van der Waals surface area (Å²) in [5.41, 5.74) is 1.08. The van der Waals surface area contributed by atoms with Crippen molar-refractivity contribution in [3.05, 3.63) is 29.8 Å². The summed E-state index contributed by atoms with van der Waals surface area (Å²) in [6.45, 7) is 8.31. The van der Waals surface area contributed by atoms with Gasteiger partial charge in [-0.05, 0) is 24.6 Å². The number of rotatable bonds is 8. The molecule has 0 unspecified atom stereocenters. The quantitative estimate of drug-likeness (QED) is 0.386. The van der Waals surface area contributed by atoms with Gasteiger partial charge in [0.15, 0.2) is 5.96 Å². The van der Waals surface area contributed by atoms with Crippen molar-refractivity contribution in [3.8, 4) is 5.75 Å². The Hall–Kier alpha value is -2.24. The van der Waals surface area contributed by atoms with E-state index in [0.717, 1.165) is 23.8 Å². The number of methoxy groups -OCH3 is 1. The Morgan fingerprint density at radius 1 is 1.22 bits per heavy atom. The van der Waals surface area contributed by atoms with E-state index < -0.39 is 0 Å². The van der Waals surface area contributed by atoms with Gasteiger partial charge in [-0.15, -0.1) is 0 Å². The van der Waals surface area contributed by atoms with Gasteiger partial charge in [-0.1, -0.05) is 26.0 Å². The molecular formula is C17H28N4O2. The zero-order valence-electron chi connectivity index (χ0n) is 14.5. The normalized spacial score (nSPS) is 11.3. The van der Waals surface area contributed by atoms with Crippen LogP contribution in [-0.2, 0) is 11.3 Å². The summed E-state index contributed by atoms with van der Waals surface area (Å²) in [4.78, 5) is 16.0. The van der Waals surface area contributed by atoms with Gasteiger partial charge in [-0.3, -0.25) is 4.79 Å². The van der Waals surface area contributed by atoms with Crippen LogP contribution in [0.5, 0.6) is 5.75 Å². The number of nitrogens with zero attached hydrogens (tertiary/aromatic N) is 1. The number of ether oxygens (including phenoxy) is 1. The standard InChI is InChI=1S/C17H28N4O2/c1-5-18-17(20-10-9-19-16(22)13(2)3)21-12-14-7-6-8-15(11-14)23-4/h6-8,11,13H,5,9-10,12H2,1-4H3,(H,19,22)(H2,18,20,21). The molecule has 0 heterocycles. The molecule has 1 amide bonds. The van der Waals surface area contributed by atoms with E-state index in [1.165, 1.54) is 0 Å². The highest BCUT2D eigenvalue weighted by atomic mass is 16.5. The first-order valence-corrected chi connectivity index (χ1v) is 7.99. The number of nitrogens with one attached hydrogen (secondary N) is 3. The molecule has 0 aromatic heterocycles. The minimum atomic E-state index is 0.00460. The number of carbonyl (C=O) groups excluding carboxylic acids is 1. The van der Waals surface area contributed by atoms with E-state index in [2.05, 4.69) is 20.9 Å². The van der Waals surface area contributed by atoms with Crippen LogP contribution in [0.15, 0.2) is 29.3 Å². The molecule has 0 bridgehead atoms. The number of guanidine groups is 1. The Labute approximate surface area is 138 Å². The Morgan fingerprint density at radius 2 is 1.96 bits per heavy atom. The first-order chi connectivity index (χ1) is 11.1. The molecule has 6 heteroatoms. The molecule has 0 fully saturated rings. The zero-order valence-corrected chi connectivity index (χ0v) is 14.5. The van der Waals surface area contributed by atoms with Crippen molar-refractivity contribution in [2.45, 2.75) is 27.3 Å². The van der Waals surface area contributed by atoms with Gasteiger partial charge in [-0.25, -0.2) is 4.99 Å². The second-order valence-electron chi connectivity index (χ2n) is 5.42. The monoisotopic (exact) mass is 320 g/mol. The largest absolute Gasteiger partial charge is 0.497 e. The minimum Gasteiger partial charge on any atom is -0.497 e. The topological polar surface area (TPSA) is 74.8 Å². The smallest absolute Gasteiger partial charge is 0.222 e. The third kappa shape index (κ3) is 7.54. The molecule has 23 heavy (non-hydrogen) atoms. The Kier molecular flexibility index (Phi) is 8.57. The lowest BCUT2D eigenvalue weighted by Crippen LogP contribution is -2.42. The predicted molar refractivity (Wildman–Crippen MR) is 93.7 cm³/mol. The molecule has 0 saturated carbocycles. The van der Waals surface area contributed by atoms with Crippen LogP contribution in [0.3, 0.4) is 0 Å². The van der Waals surface area contributed by atoms with Crippen LogP contribution in [0.4, 0.5) is 0 Å². The number of amides is 1. The molecule has 0 aliphatic rings. The summed E-state index contributed by atoms with van der Waals surface area (Å²) >= 11 is 0. The number of benzene rings is 1. The van der Waals surface area contributed by atoms with Gasteiger partial charge in [-0.2, -0.15) is 0 Å². The van der Waals surface area contributed by atoms with Crippen LogP contribution in [0.25, 0.3) is 0 Å². The van der Waals surface area contributed by atoms with Crippen molar-refractivity contribution >= 4 is 11.9 Å². The van der Waals surface area contributed by atoms with E-state index in [9.17, 15) is 4.79 Å². The highest BCUT2D eigenvalue weighted by Gasteiger charge is 2.05. The average Bonchev–Trinajstić information content (AvgIpc) is 2.56. The van der Waals surface area contributed by atoms with Gasteiger partial charge >= 0.3 is 0 Å². The zero-order chi connectivity index (χ0) is 17.1. The maximum Gasteiger partial charge on any atom is 0.222 e. The molecule has 0 radical (unpaired) electrons. The molecule has 6 nitrogen and oxygen atoms in total. The Balaban J connectivity index is 2.48. The van der Waals surface area contributed by atoms with Gasteiger partial charge in [0.2, 0.25) is 5.91 Å². The molecular weight excluding hydrogens is 292 g/mol. The molecule has 1 aromatic carbocycles. The summed E-state index contributed by atoms with van der Waals surface area (Å²) in [6, 6.07) is 7.84. The van der Waals surface area contributed by atoms with Crippen molar-refractivity contribution in [1.29, 1.82) is 0 Å². The van der Waals surface area contributed by atoms with Gasteiger partial charge < -0.3 is 20.7 Å². The molecule has 0 spiro atoms. The lowest BCUT2D eigenvalue weighted by atomic mass is 10.2. The fraction of sp³-hybridized carbons (Fsp3) is 0.529. The maximum absolute atomic E-state index is 11.5. The number of carbonyl (C=O) groups is 1. The number of aliphatic imine (C=N–C) groups is 1. The summed E-state index contributed by atoms with van der Waals surface area (Å²) < 4.78 is 5.21. The van der Waals surface area contributed by atoms with Crippen LogP contribution in [0.1, 0.15) is 26.3 Å². The van der Waals surface area contributed by atoms with Crippen LogP contribution in [0, 0.1) is 5.92 Å². The second kappa shape index (κ2) is 10.5. The van der Waals surface area contributed by atoms with Crippen molar-refractivity contribution < 1.29 is 9.53 Å². The molecule has 0 aliphatic heterocycles. The predicted octanol–water partition coefficient (Wildman–Crippen LogP) is 1.52. The van der Waals surface area contributed by atoms with Crippen molar-refractivity contribution in [2.24, 2.45) is 10.9 Å². The van der Waals surface area contributed by atoms with Gasteiger partial charge in [0.1, 0.15) is 5.75 Å². The molecule has 1 rings (SSSR count). The maximum atomic E-state index is 11.5. The van der Waals surface area contributed by atoms with Crippen LogP contribution >= 0.6 is 0 Å². The highest BCUT2D eigenvalue weighted by molar-refractivity contribution is 5.80. The van der Waals surface area contributed by atoms with Crippen molar-refractivity contribution in [2.75, 3.05) is 26.7 Å². The van der Waals surface area contributed by atoms with Gasteiger partial charge in [0.05, 0.1) is 13.7 Å². The fourth-order valence-electron chi connectivity index (χ4n) is 1.85. The van der Waals surface area contributed by atoms with Gasteiger partial charge in [0.25, 0.3) is 0 Å². The fourth-order valence-corrected chi connectivity index (χ4v) is 1.85. The van der Waals surface area contributed by atoms with Crippen LogP contribution in [-0.4, -0.2) is 38.6 Å². The second-order valence-corrected chi connectivity index (χ2v) is 5.42. The third-order valence-corrected chi connectivity index (χ3v) is 3.14. The minimum absolute atomic E-state index is 0.00460. The molecule has 0 aliphatic carbocycles. The molecule has 128 valence electrons. The van der Waals surface area contributed by atoms with Crippen LogP contribution in [0.2, 0.25) is 0 Å². The van der Waals surface area contributed by atoms with E-state index in [0.29, 0.717) is 19.6 Å². The average molecular weight is 320 g/mol.